The maximum atomic E-state index is 11.4. The number of allylic oxidation sites excluding steroid dienone is 1. The molecule has 2 atom stereocenters. The molecular weight excluding hydrogens is 320 g/mol. The Hall–Kier alpha value is -1.85. The lowest BCUT2D eigenvalue weighted by molar-refractivity contribution is -0.164. The number of aliphatic hydroxyl groups is 1. The molecule has 0 amide bonds. The Kier molecular flexibility index (Phi) is 6.10. The third-order valence-electron chi connectivity index (χ3n) is 5.20. The van der Waals surface area contributed by atoms with Crippen LogP contribution in [0, 0.1) is 11.8 Å². The Morgan fingerprint density at radius 1 is 1.12 bits per heavy atom. The molecule has 1 aromatic carbocycles. The summed E-state index contributed by atoms with van der Waals surface area (Å²) in [6.45, 7) is 0.378. The van der Waals surface area contributed by atoms with Crippen molar-refractivity contribution in [2.24, 2.45) is 11.8 Å². The van der Waals surface area contributed by atoms with Crippen LogP contribution in [0.5, 0.6) is 0 Å². The molecule has 0 unspecified atom stereocenters. The lowest BCUT2D eigenvalue weighted by Crippen LogP contribution is -2.31. The summed E-state index contributed by atoms with van der Waals surface area (Å²) in [5.41, 5.74) is 1.83. The Morgan fingerprint density at radius 3 is 2.44 bits per heavy atom. The van der Waals surface area contributed by atoms with E-state index < -0.39 is 12.3 Å². The Labute approximate surface area is 148 Å². The topological polar surface area (TPSA) is 76.0 Å². The SMILES string of the molecule is O=C(O)C1=C[C@@H](C2CCCCC2)C[C@@H](OCc2ccc(CO)cc2)O1. The molecule has 5 nitrogen and oxygen atoms in total. The van der Waals surface area contributed by atoms with Gasteiger partial charge in [0.15, 0.2) is 0 Å². The van der Waals surface area contributed by atoms with Crippen LogP contribution in [-0.4, -0.2) is 22.5 Å². The van der Waals surface area contributed by atoms with Gasteiger partial charge in [0.1, 0.15) is 0 Å². The number of aliphatic hydroxyl groups excluding tert-OH is 1. The number of hydrogen-bond donors (Lipinski definition) is 2. The van der Waals surface area contributed by atoms with E-state index in [0.717, 1.165) is 24.0 Å². The van der Waals surface area contributed by atoms with Crippen molar-refractivity contribution in [3.05, 3.63) is 47.2 Å². The molecule has 136 valence electrons. The molecule has 1 saturated carbocycles. The van der Waals surface area contributed by atoms with E-state index in [9.17, 15) is 9.90 Å². The number of benzene rings is 1. The summed E-state index contributed by atoms with van der Waals surface area (Å²) in [5, 5.41) is 18.4. The van der Waals surface area contributed by atoms with E-state index in [1.807, 2.05) is 24.3 Å². The number of carboxylic acid groups (broad SMARTS) is 1. The van der Waals surface area contributed by atoms with E-state index in [0.29, 0.717) is 18.9 Å². The molecule has 5 heteroatoms. The molecule has 1 aromatic rings. The van der Waals surface area contributed by atoms with Gasteiger partial charge < -0.3 is 19.7 Å². The Morgan fingerprint density at radius 2 is 1.80 bits per heavy atom. The molecular formula is C20H26O5. The highest BCUT2D eigenvalue weighted by Crippen LogP contribution is 2.37. The van der Waals surface area contributed by atoms with Crippen molar-refractivity contribution in [1.29, 1.82) is 0 Å². The molecule has 0 aromatic heterocycles. The number of rotatable bonds is 6. The van der Waals surface area contributed by atoms with Gasteiger partial charge in [0.05, 0.1) is 13.2 Å². The highest BCUT2D eigenvalue weighted by atomic mass is 16.7. The fourth-order valence-corrected chi connectivity index (χ4v) is 3.76. The van der Waals surface area contributed by atoms with Crippen LogP contribution in [0.1, 0.15) is 49.7 Å². The molecule has 25 heavy (non-hydrogen) atoms. The van der Waals surface area contributed by atoms with Crippen LogP contribution < -0.4 is 0 Å². The second kappa shape index (κ2) is 8.50. The van der Waals surface area contributed by atoms with Gasteiger partial charge in [-0.25, -0.2) is 4.79 Å². The van der Waals surface area contributed by atoms with Gasteiger partial charge in [0.25, 0.3) is 0 Å². The van der Waals surface area contributed by atoms with Gasteiger partial charge in [-0.15, -0.1) is 0 Å². The normalized spacial score (nSPS) is 24.4. The van der Waals surface area contributed by atoms with Gasteiger partial charge in [-0.05, 0) is 41.9 Å². The molecule has 0 spiro atoms. The summed E-state index contributed by atoms with van der Waals surface area (Å²) in [4.78, 5) is 11.4. The van der Waals surface area contributed by atoms with E-state index in [-0.39, 0.29) is 18.3 Å². The highest BCUT2D eigenvalue weighted by Gasteiger charge is 2.32. The molecule has 0 saturated heterocycles. The minimum Gasteiger partial charge on any atom is -0.475 e. The van der Waals surface area contributed by atoms with Gasteiger partial charge in [0.2, 0.25) is 12.0 Å². The van der Waals surface area contributed by atoms with Crippen molar-refractivity contribution >= 4 is 5.97 Å². The first-order chi connectivity index (χ1) is 12.2. The number of carboxylic acids is 1. The first-order valence-electron chi connectivity index (χ1n) is 9.07. The van der Waals surface area contributed by atoms with Gasteiger partial charge in [-0.2, -0.15) is 0 Å². The van der Waals surface area contributed by atoms with Crippen molar-refractivity contribution in [2.75, 3.05) is 0 Å². The average molecular weight is 346 g/mol. The molecule has 1 aliphatic carbocycles. The van der Waals surface area contributed by atoms with Gasteiger partial charge in [-0.3, -0.25) is 0 Å². The van der Waals surface area contributed by atoms with Crippen molar-refractivity contribution in [2.45, 2.75) is 58.0 Å². The third-order valence-corrected chi connectivity index (χ3v) is 5.20. The van der Waals surface area contributed by atoms with Crippen LogP contribution in [-0.2, 0) is 27.5 Å². The van der Waals surface area contributed by atoms with Gasteiger partial charge >= 0.3 is 5.97 Å². The molecule has 1 heterocycles. The van der Waals surface area contributed by atoms with Crippen LogP contribution >= 0.6 is 0 Å². The van der Waals surface area contributed by atoms with Crippen LogP contribution in [0.25, 0.3) is 0 Å². The second-order valence-electron chi connectivity index (χ2n) is 6.97. The summed E-state index contributed by atoms with van der Waals surface area (Å²) in [6, 6.07) is 7.52. The molecule has 3 rings (SSSR count). The smallest absolute Gasteiger partial charge is 0.370 e. The van der Waals surface area contributed by atoms with E-state index >= 15 is 0 Å². The van der Waals surface area contributed by atoms with Gasteiger partial charge in [0, 0.05) is 6.42 Å². The fraction of sp³-hybridized carbons (Fsp3) is 0.550. The van der Waals surface area contributed by atoms with Crippen molar-refractivity contribution in [1.82, 2.24) is 0 Å². The first kappa shape index (κ1) is 18.0. The molecule has 1 fully saturated rings. The summed E-state index contributed by atoms with van der Waals surface area (Å²) in [6.07, 6.45) is 8.00. The first-order valence-corrected chi connectivity index (χ1v) is 9.07. The predicted octanol–water partition coefficient (Wildman–Crippen LogP) is 3.61. The van der Waals surface area contributed by atoms with Crippen molar-refractivity contribution in [3.8, 4) is 0 Å². The van der Waals surface area contributed by atoms with Crippen molar-refractivity contribution in [3.63, 3.8) is 0 Å². The Bertz CT molecular complexity index is 601. The Balaban J connectivity index is 1.62. The second-order valence-corrected chi connectivity index (χ2v) is 6.97. The predicted molar refractivity (Wildman–Crippen MR) is 92.4 cm³/mol. The van der Waals surface area contributed by atoms with E-state index in [1.54, 1.807) is 6.08 Å². The monoisotopic (exact) mass is 346 g/mol. The van der Waals surface area contributed by atoms with Crippen LogP contribution in [0.3, 0.4) is 0 Å². The summed E-state index contributed by atoms with van der Waals surface area (Å²) in [7, 11) is 0. The summed E-state index contributed by atoms with van der Waals surface area (Å²) >= 11 is 0. The largest absolute Gasteiger partial charge is 0.475 e. The minimum absolute atomic E-state index is 0.0162. The summed E-state index contributed by atoms with van der Waals surface area (Å²) < 4.78 is 11.4. The molecule has 1 aliphatic heterocycles. The highest BCUT2D eigenvalue weighted by molar-refractivity contribution is 5.84. The zero-order chi connectivity index (χ0) is 17.6. The third kappa shape index (κ3) is 4.83. The maximum absolute atomic E-state index is 11.4. The molecule has 2 aliphatic rings. The summed E-state index contributed by atoms with van der Waals surface area (Å²) in [5.74, 6) is -0.271. The minimum atomic E-state index is -1.03. The lowest BCUT2D eigenvalue weighted by atomic mass is 9.77. The zero-order valence-electron chi connectivity index (χ0n) is 14.4. The number of ether oxygens (including phenoxy) is 2. The van der Waals surface area contributed by atoms with Crippen LogP contribution in [0.15, 0.2) is 36.1 Å². The van der Waals surface area contributed by atoms with E-state index in [1.165, 1.54) is 19.3 Å². The molecule has 0 bridgehead atoms. The number of hydrogen-bond acceptors (Lipinski definition) is 4. The fourth-order valence-electron chi connectivity index (χ4n) is 3.76. The average Bonchev–Trinajstić information content (AvgIpc) is 2.67. The number of carbonyl (C=O) groups is 1. The maximum Gasteiger partial charge on any atom is 0.370 e. The van der Waals surface area contributed by atoms with Crippen molar-refractivity contribution < 1.29 is 24.5 Å². The zero-order valence-corrected chi connectivity index (χ0v) is 14.4. The van der Waals surface area contributed by atoms with E-state index in [2.05, 4.69) is 0 Å². The lowest BCUT2D eigenvalue weighted by Gasteiger charge is -2.34. The van der Waals surface area contributed by atoms with Crippen LogP contribution in [0.2, 0.25) is 0 Å². The standard InChI is InChI=1S/C20H26O5/c21-12-14-6-8-15(9-7-14)13-24-19-11-17(10-18(25-19)20(22)23)16-4-2-1-3-5-16/h6-10,16-17,19,21H,1-5,11-13H2,(H,22,23)/t17-,19+/m1/s1. The number of aliphatic carboxylic acids is 1. The van der Waals surface area contributed by atoms with Gasteiger partial charge in [-0.1, -0.05) is 43.5 Å². The van der Waals surface area contributed by atoms with E-state index in [4.69, 9.17) is 14.6 Å². The molecule has 0 radical (unpaired) electrons. The molecule has 2 N–H and O–H groups in total. The quantitative estimate of drug-likeness (QED) is 0.823. The van der Waals surface area contributed by atoms with Crippen LogP contribution in [0.4, 0.5) is 0 Å².